The van der Waals surface area contributed by atoms with Crippen molar-refractivity contribution in [3.05, 3.63) is 48.1 Å². The van der Waals surface area contributed by atoms with Crippen molar-refractivity contribution in [1.29, 1.82) is 0 Å². The van der Waals surface area contributed by atoms with Crippen LogP contribution in [0.4, 0.5) is 0 Å². The quantitative estimate of drug-likeness (QED) is 0.722. The highest BCUT2D eigenvalue weighted by Gasteiger charge is 2.22. The van der Waals surface area contributed by atoms with Gasteiger partial charge < -0.3 is 9.32 Å². The molecule has 1 saturated heterocycles. The second-order valence-corrected chi connectivity index (χ2v) is 6.67. The molecule has 2 aromatic heterocycles. The number of rotatable bonds is 5. The fourth-order valence-electron chi connectivity index (χ4n) is 3.72. The molecule has 4 rings (SSSR count). The highest BCUT2D eigenvalue weighted by atomic mass is 16.3. The van der Waals surface area contributed by atoms with Crippen LogP contribution in [-0.4, -0.2) is 39.3 Å². The zero-order valence-corrected chi connectivity index (χ0v) is 14.2. The first-order chi connectivity index (χ1) is 11.8. The van der Waals surface area contributed by atoms with E-state index in [4.69, 9.17) is 4.42 Å². The molecule has 5 nitrogen and oxygen atoms in total. The Balaban J connectivity index is 1.25. The van der Waals surface area contributed by atoms with Gasteiger partial charge in [0.05, 0.1) is 0 Å². The van der Waals surface area contributed by atoms with E-state index in [1.165, 1.54) is 31.6 Å². The van der Waals surface area contributed by atoms with Gasteiger partial charge in [0.15, 0.2) is 11.5 Å². The predicted molar refractivity (Wildman–Crippen MR) is 94.0 cm³/mol. The van der Waals surface area contributed by atoms with E-state index in [1.807, 2.05) is 42.2 Å². The molecule has 24 heavy (non-hydrogen) atoms. The molecular formula is C19H24N4O. The third-order valence-electron chi connectivity index (χ3n) is 5.07. The van der Waals surface area contributed by atoms with Gasteiger partial charge in [-0.3, -0.25) is 4.68 Å². The molecule has 0 radical (unpaired) electrons. The maximum absolute atomic E-state index is 5.80. The first-order valence-corrected chi connectivity index (χ1v) is 8.84. The van der Waals surface area contributed by atoms with Crippen molar-refractivity contribution >= 4 is 11.1 Å². The van der Waals surface area contributed by atoms with Crippen molar-refractivity contribution in [1.82, 2.24) is 19.7 Å². The Morgan fingerprint density at radius 3 is 2.75 bits per heavy atom. The van der Waals surface area contributed by atoms with Gasteiger partial charge in [0.1, 0.15) is 5.52 Å². The third kappa shape index (κ3) is 3.22. The van der Waals surface area contributed by atoms with E-state index >= 15 is 0 Å². The topological polar surface area (TPSA) is 47.1 Å². The number of hydrogen-bond donors (Lipinski definition) is 0. The average molecular weight is 324 g/mol. The summed E-state index contributed by atoms with van der Waals surface area (Å²) in [7, 11) is 2.04. The minimum Gasteiger partial charge on any atom is -0.441 e. The van der Waals surface area contributed by atoms with Gasteiger partial charge in [-0.25, -0.2) is 4.98 Å². The zero-order chi connectivity index (χ0) is 16.4. The van der Waals surface area contributed by atoms with Crippen LogP contribution in [0, 0.1) is 0 Å². The Kier molecular flexibility index (Phi) is 4.34. The number of hydrogen-bond acceptors (Lipinski definition) is 4. The SMILES string of the molecule is Cn1nccc1C1CCN(CCCc2nc3ccccc3o2)CC1. The number of oxazole rings is 1. The molecule has 126 valence electrons. The summed E-state index contributed by atoms with van der Waals surface area (Å²) in [6.07, 6.45) is 6.37. The van der Waals surface area contributed by atoms with Crippen LogP contribution in [0.1, 0.15) is 36.8 Å². The lowest BCUT2D eigenvalue weighted by Gasteiger charge is -2.31. The minimum absolute atomic E-state index is 0.658. The predicted octanol–water partition coefficient (Wildman–Crippen LogP) is 3.37. The summed E-state index contributed by atoms with van der Waals surface area (Å²) >= 11 is 0. The maximum Gasteiger partial charge on any atom is 0.195 e. The number of benzene rings is 1. The summed E-state index contributed by atoms with van der Waals surface area (Å²) in [5.41, 5.74) is 3.23. The summed E-state index contributed by atoms with van der Waals surface area (Å²) in [5, 5.41) is 4.30. The normalized spacial score (nSPS) is 16.9. The lowest BCUT2D eigenvalue weighted by atomic mass is 9.93. The number of para-hydroxylation sites is 2. The van der Waals surface area contributed by atoms with Gasteiger partial charge in [0.2, 0.25) is 0 Å². The Morgan fingerprint density at radius 2 is 2.00 bits per heavy atom. The molecule has 0 saturated carbocycles. The lowest BCUT2D eigenvalue weighted by molar-refractivity contribution is 0.206. The molecule has 1 aliphatic heterocycles. The van der Waals surface area contributed by atoms with Crippen LogP contribution in [0.25, 0.3) is 11.1 Å². The zero-order valence-electron chi connectivity index (χ0n) is 14.2. The van der Waals surface area contributed by atoms with Crippen molar-refractivity contribution in [2.24, 2.45) is 7.05 Å². The van der Waals surface area contributed by atoms with Gasteiger partial charge in [-0.1, -0.05) is 12.1 Å². The van der Waals surface area contributed by atoms with E-state index in [0.717, 1.165) is 36.4 Å². The largest absolute Gasteiger partial charge is 0.441 e. The second-order valence-electron chi connectivity index (χ2n) is 6.67. The Labute approximate surface area is 142 Å². The summed E-state index contributed by atoms with van der Waals surface area (Å²) in [6.45, 7) is 3.46. The van der Waals surface area contributed by atoms with Crippen molar-refractivity contribution in [2.75, 3.05) is 19.6 Å². The van der Waals surface area contributed by atoms with E-state index in [-0.39, 0.29) is 0 Å². The van der Waals surface area contributed by atoms with Gasteiger partial charge in [-0.2, -0.15) is 5.10 Å². The summed E-state index contributed by atoms with van der Waals surface area (Å²) in [6, 6.07) is 10.1. The number of piperidine rings is 1. The van der Waals surface area contributed by atoms with Crippen LogP contribution < -0.4 is 0 Å². The molecule has 0 atom stereocenters. The molecule has 1 fully saturated rings. The number of aromatic nitrogens is 3. The molecule has 5 heteroatoms. The number of nitrogens with zero attached hydrogens (tertiary/aromatic N) is 4. The van der Waals surface area contributed by atoms with Gasteiger partial charge in [-0.05, 0) is 57.1 Å². The van der Waals surface area contributed by atoms with Gasteiger partial charge >= 0.3 is 0 Å². The molecule has 0 aliphatic carbocycles. The molecule has 0 unspecified atom stereocenters. The Bertz CT molecular complexity index is 765. The monoisotopic (exact) mass is 324 g/mol. The molecule has 0 bridgehead atoms. The molecule has 3 aromatic rings. The maximum atomic E-state index is 5.80. The van der Waals surface area contributed by atoms with Gasteiger partial charge in [0.25, 0.3) is 0 Å². The Morgan fingerprint density at radius 1 is 1.17 bits per heavy atom. The van der Waals surface area contributed by atoms with Crippen LogP contribution in [0.3, 0.4) is 0 Å². The molecule has 0 N–H and O–H groups in total. The summed E-state index contributed by atoms with van der Waals surface area (Å²) in [4.78, 5) is 7.12. The molecular weight excluding hydrogens is 300 g/mol. The molecule has 0 spiro atoms. The van der Waals surface area contributed by atoms with Crippen molar-refractivity contribution in [3.8, 4) is 0 Å². The van der Waals surface area contributed by atoms with Crippen LogP contribution in [-0.2, 0) is 13.5 Å². The Hall–Kier alpha value is -2.14. The first-order valence-electron chi connectivity index (χ1n) is 8.84. The summed E-state index contributed by atoms with van der Waals surface area (Å²) in [5.74, 6) is 1.52. The lowest BCUT2D eigenvalue weighted by Crippen LogP contribution is -2.34. The van der Waals surface area contributed by atoms with E-state index in [2.05, 4.69) is 21.0 Å². The van der Waals surface area contributed by atoms with Gasteiger partial charge in [-0.15, -0.1) is 0 Å². The standard InChI is InChI=1S/C19H24N4O/c1-22-17(8-11-20-22)15-9-13-23(14-10-15)12-4-7-19-21-16-5-2-3-6-18(16)24-19/h2-3,5-6,8,11,15H,4,7,9-10,12-14H2,1H3. The smallest absolute Gasteiger partial charge is 0.195 e. The molecule has 1 aliphatic rings. The second kappa shape index (κ2) is 6.77. The number of aryl methyl sites for hydroxylation is 2. The van der Waals surface area contributed by atoms with Crippen LogP contribution in [0.5, 0.6) is 0 Å². The minimum atomic E-state index is 0.658. The highest BCUT2D eigenvalue weighted by Crippen LogP contribution is 2.27. The van der Waals surface area contributed by atoms with Crippen LogP contribution in [0.2, 0.25) is 0 Å². The molecule has 1 aromatic carbocycles. The number of likely N-dealkylation sites (tertiary alicyclic amines) is 1. The van der Waals surface area contributed by atoms with Gasteiger partial charge in [0, 0.05) is 31.3 Å². The van der Waals surface area contributed by atoms with Crippen LogP contribution in [0.15, 0.2) is 40.9 Å². The fourth-order valence-corrected chi connectivity index (χ4v) is 3.72. The van der Waals surface area contributed by atoms with E-state index in [1.54, 1.807) is 0 Å². The van der Waals surface area contributed by atoms with Crippen molar-refractivity contribution in [2.45, 2.75) is 31.6 Å². The van der Waals surface area contributed by atoms with Crippen molar-refractivity contribution in [3.63, 3.8) is 0 Å². The third-order valence-corrected chi connectivity index (χ3v) is 5.07. The van der Waals surface area contributed by atoms with E-state index < -0.39 is 0 Å². The first kappa shape index (κ1) is 15.4. The fraction of sp³-hybridized carbons (Fsp3) is 0.474. The van der Waals surface area contributed by atoms with Crippen LogP contribution >= 0.6 is 0 Å². The molecule has 3 heterocycles. The van der Waals surface area contributed by atoms with E-state index in [9.17, 15) is 0 Å². The summed E-state index contributed by atoms with van der Waals surface area (Å²) < 4.78 is 7.82. The number of fused-ring (bicyclic) bond motifs is 1. The average Bonchev–Trinajstić information content (AvgIpc) is 3.21. The van der Waals surface area contributed by atoms with Crippen molar-refractivity contribution < 1.29 is 4.42 Å². The highest BCUT2D eigenvalue weighted by molar-refractivity contribution is 5.72. The molecule has 0 amide bonds. The van der Waals surface area contributed by atoms with E-state index in [0.29, 0.717) is 5.92 Å².